The Balaban J connectivity index is 1.72. The number of likely N-dealkylation sites (N-methyl/N-ethyl adjacent to an activating group) is 1. The van der Waals surface area contributed by atoms with E-state index in [1.807, 2.05) is 36.2 Å². The zero-order valence-electron chi connectivity index (χ0n) is 17.6. The van der Waals surface area contributed by atoms with Gasteiger partial charge in [-0.15, -0.1) is 0 Å². The fourth-order valence-electron chi connectivity index (χ4n) is 3.22. The Morgan fingerprint density at radius 3 is 2.47 bits per heavy atom. The van der Waals surface area contributed by atoms with E-state index >= 15 is 0 Å². The van der Waals surface area contributed by atoms with Crippen LogP contribution in [-0.2, 0) is 4.79 Å². The van der Waals surface area contributed by atoms with Gasteiger partial charge in [-0.05, 0) is 49.0 Å². The van der Waals surface area contributed by atoms with Gasteiger partial charge in [0.15, 0.2) is 0 Å². The molecule has 1 aliphatic rings. The number of nitrogens with one attached hydrogen (secondary N) is 1. The Morgan fingerprint density at radius 2 is 1.77 bits per heavy atom. The van der Waals surface area contributed by atoms with Crippen molar-refractivity contribution in [1.82, 2.24) is 9.80 Å². The average Bonchev–Trinajstić information content (AvgIpc) is 2.78. The third-order valence-corrected chi connectivity index (χ3v) is 5.02. The van der Waals surface area contributed by atoms with Crippen molar-refractivity contribution in [2.75, 3.05) is 52.8 Å². The molecule has 1 heterocycles. The number of ether oxygens (including phenoxy) is 2. The maximum atomic E-state index is 12.8. The van der Waals surface area contributed by atoms with E-state index in [0.717, 1.165) is 18.7 Å². The van der Waals surface area contributed by atoms with Crippen LogP contribution in [0.4, 0.5) is 5.69 Å². The van der Waals surface area contributed by atoms with Crippen molar-refractivity contribution in [2.45, 2.75) is 0 Å². The maximum absolute atomic E-state index is 12.8. The molecule has 1 saturated heterocycles. The predicted octanol–water partition coefficient (Wildman–Crippen LogP) is 2.74. The SMILES string of the molecule is COc1cccc(/C=C/C(=O)Nc2cc(C(=O)N3CCN(C)CC3)ccc2OC)c1. The molecule has 0 bridgehead atoms. The third kappa shape index (κ3) is 5.39. The largest absolute Gasteiger partial charge is 0.497 e. The molecular weight excluding hydrogens is 382 g/mol. The number of hydrogen-bond donors (Lipinski definition) is 1. The predicted molar refractivity (Wildman–Crippen MR) is 117 cm³/mol. The Hall–Kier alpha value is -3.32. The van der Waals surface area contributed by atoms with E-state index in [9.17, 15) is 9.59 Å². The second-order valence-corrected chi connectivity index (χ2v) is 7.11. The van der Waals surface area contributed by atoms with Crippen LogP contribution >= 0.6 is 0 Å². The lowest BCUT2D eigenvalue weighted by atomic mass is 10.1. The highest BCUT2D eigenvalue weighted by Gasteiger charge is 2.21. The van der Waals surface area contributed by atoms with E-state index in [4.69, 9.17) is 9.47 Å². The number of nitrogens with zero attached hydrogens (tertiary/aromatic N) is 2. The molecule has 0 spiro atoms. The molecule has 2 aromatic carbocycles. The summed E-state index contributed by atoms with van der Waals surface area (Å²) in [6, 6.07) is 12.5. The van der Waals surface area contributed by atoms with Gasteiger partial charge in [0.1, 0.15) is 11.5 Å². The Bertz CT molecular complexity index is 934. The molecule has 1 N–H and O–H groups in total. The Labute approximate surface area is 176 Å². The molecule has 1 aliphatic heterocycles. The van der Waals surface area contributed by atoms with Gasteiger partial charge in [-0.25, -0.2) is 0 Å². The minimum Gasteiger partial charge on any atom is -0.497 e. The molecule has 7 heteroatoms. The summed E-state index contributed by atoms with van der Waals surface area (Å²) in [4.78, 5) is 29.3. The van der Waals surface area contributed by atoms with Crippen LogP contribution in [0, 0.1) is 0 Å². The van der Waals surface area contributed by atoms with E-state index < -0.39 is 0 Å². The highest BCUT2D eigenvalue weighted by molar-refractivity contribution is 6.04. The van der Waals surface area contributed by atoms with Crippen molar-refractivity contribution in [1.29, 1.82) is 0 Å². The normalized spacial score (nSPS) is 14.6. The molecule has 158 valence electrons. The molecule has 0 saturated carbocycles. The number of benzene rings is 2. The fourth-order valence-corrected chi connectivity index (χ4v) is 3.22. The molecule has 7 nitrogen and oxygen atoms in total. The van der Waals surface area contributed by atoms with Crippen LogP contribution in [0.25, 0.3) is 6.08 Å². The number of amides is 2. The quantitative estimate of drug-likeness (QED) is 0.743. The van der Waals surface area contributed by atoms with Gasteiger partial charge in [0.05, 0.1) is 19.9 Å². The van der Waals surface area contributed by atoms with Gasteiger partial charge >= 0.3 is 0 Å². The maximum Gasteiger partial charge on any atom is 0.254 e. The summed E-state index contributed by atoms with van der Waals surface area (Å²) in [7, 11) is 5.17. The van der Waals surface area contributed by atoms with Crippen LogP contribution in [0.3, 0.4) is 0 Å². The van der Waals surface area contributed by atoms with Crippen LogP contribution in [0.5, 0.6) is 11.5 Å². The summed E-state index contributed by atoms with van der Waals surface area (Å²) in [6.45, 7) is 3.07. The minimum atomic E-state index is -0.319. The number of piperazine rings is 1. The zero-order chi connectivity index (χ0) is 21.5. The smallest absolute Gasteiger partial charge is 0.254 e. The Kier molecular flexibility index (Phi) is 7.08. The molecule has 2 aromatic rings. The van der Waals surface area contributed by atoms with Crippen molar-refractivity contribution in [3.05, 3.63) is 59.7 Å². The number of rotatable bonds is 6. The van der Waals surface area contributed by atoms with Crippen LogP contribution in [0.2, 0.25) is 0 Å². The second kappa shape index (κ2) is 9.93. The number of hydrogen-bond acceptors (Lipinski definition) is 5. The van der Waals surface area contributed by atoms with Gasteiger partial charge < -0.3 is 24.6 Å². The molecule has 0 aliphatic carbocycles. The number of anilines is 1. The van der Waals surface area contributed by atoms with Gasteiger partial charge in [0.25, 0.3) is 5.91 Å². The van der Waals surface area contributed by atoms with Gasteiger partial charge in [-0.1, -0.05) is 12.1 Å². The van der Waals surface area contributed by atoms with Crippen LogP contribution in [0.1, 0.15) is 15.9 Å². The monoisotopic (exact) mass is 409 g/mol. The van der Waals surface area contributed by atoms with Crippen molar-refractivity contribution < 1.29 is 19.1 Å². The van der Waals surface area contributed by atoms with Crippen LogP contribution in [-0.4, -0.2) is 69.1 Å². The first-order chi connectivity index (χ1) is 14.5. The first-order valence-corrected chi connectivity index (χ1v) is 9.79. The number of methoxy groups -OCH3 is 2. The van der Waals surface area contributed by atoms with Gasteiger partial charge in [0.2, 0.25) is 5.91 Å². The first kappa shape index (κ1) is 21.4. The summed E-state index contributed by atoms with van der Waals surface area (Å²) in [5, 5.41) is 2.80. The van der Waals surface area contributed by atoms with Gasteiger partial charge in [0, 0.05) is 37.8 Å². The molecule has 0 atom stereocenters. The minimum absolute atomic E-state index is 0.0480. The van der Waals surface area contributed by atoms with Crippen molar-refractivity contribution in [2.24, 2.45) is 0 Å². The standard InChI is InChI=1S/C23H27N3O4/c1-25-11-13-26(14-12-25)23(28)18-8-9-21(30-3)20(16-18)24-22(27)10-7-17-5-4-6-19(15-17)29-2/h4-10,15-16H,11-14H2,1-3H3,(H,24,27)/b10-7+. The fraction of sp³-hybridized carbons (Fsp3) is 0.304. The lowest BCUT2D eigenvalue weighted by molar-refractivity contribution is -0.111. The van der Waals surface area contributed by atoms with Gasteiger partial charge in [-0.2, -0.15) is 0 Å². The molecule has 30 heavy (non-hydrogen) atoms. The van der Waals surface area contributed by atoms with E-state index in [2.05, 4.69) is 10.2 Å². The molecule has 3 rings (SSSR count). The average molecular weight is 409 g/mol. The topological polar surface area (TPSA) is 71.1 Å². The summed E-state index contributed by atoms with van der Waals surface area (Å²) < 4.78 is 10.5. The molecule has 2 amide bonds. The zero-order valence-corrected chi connectivity index (χ0v) is 17.6. The third-order valence-electron chi connectivity index (χ3n) is 5.02. The highest BCUT2D eigenvalue weighted by atomic mass is 16.5. The van der Waals surface area contributed by atoms with E-state index in [-0.39, 0.29) is 11.8 Å². The number of carbonyl (C=O) groups is 2. The van der Waals surface area contributed by atoms with Gasteiger partial charge in [-0.3, -0.25) is 9.59 Å². The van der Waals surface area contributed by atoms with Crippen LogP contribution in [0.15, 0.2) is 48.5 Å². The Morgan fingerprint density at radius 1 is 1.00 bits per heavy atom. The van der Waals surface area contributed by atoms with Crippen LogP contribution < -0.4 is 14.8 Å². The molecule has 0 aromatic heterocycles. The summed E-state index contributed by atoms with van der Waals surface area (Å²) in [5.41, 5.74) is 1.82. The van der Waals surface area contributed by atoms with E-state index in [1.165, 1.54) is 13.2 Å². The second-order valence-electron chi connectivity index (χ2n) is 7.11. The molecule has 0 unspecified atom stereocenters. The van der Waals surface area contributed by atoms with Crippen molar-refractivity contribution >= 4 is 23.6 Å². The molecule has 1 fully saturated rings. The number of carbonyl (C=O) groups excluding carboxylic acids is 2. The molecule has 0 radical (unpaired) electrons. The summed E-state index contributed by atoms with van der Waals surface area (Å²) >= 11 is 0. The lowest BCUT2D eigenvalue weighted by Gasteiger charge is -2.32. The van der Waals surface area contributed by atoms with Crippen molar-refractivity contribution in [3.63, 3.8) is 0 Å². The highest BCUT2D eigenvalue weighted by Crippen LogP contribution is 2.26. The lowest BCUT2D eigenvalue weighted by Crippen LogP contribution is -2.47. The van der Waals surface area contributed by atoms with E-state index in [1.54, 1.807) is 31.4 Å². The van der Waals surface area contributed by atoms with E-state index in [0.29, 0.717) is 35.8 Å². The summed E-state index contributed by atoms with van der Waals surface area (Å²) in [6.07, 6.45) is 3.13. The first-order valence-electron chi connectivity index (χ1n) is 9.79. The summed E-state index contributed by atoms with van der Waals surface area (Å²) in [5.74, 6) is 0.843. The van der Waals surface area contributed by atoms with Crippen molar-refractivity contribution in [3.8, 4) is 11.5 Å². The molecular formula is C23H27N3O4.